The number of fused-ring (bicyclic) bond motifs is 2. The first-order chi connectivity index (χ1) is 15.3. The van der Waals surface area contributed by atoms with Crippen molar-refractivity contribution in [1.82, 2.24) is 9.78 Å². The maximum absolute atomic E-state index is 13.8. The van der Waals surface area contributed by atoms with Crippen molar-refractivity contribution < 1.29 is 22.4 Å². The van der Waals surface area contributed by atoms with Crippen molar-refractivity contribution >= 4 is 27.4 Å². The highest BCUT2D eigenvalue weighted by atomic mass is 79.9. The number of alkyl halides is 3. The van der Waals surface area contributed by atoms with Crippen molar-refractivity contribution in [3.63, 3.8) is 0 Å². The number of Topliss-reactive ketones (excluding diaryl/α,β-unsaturated/α-hetero) is 1. The topological polar surface area (TPSA) is 64.0 Å². The summed E-state index contributed by atoms with van der Waals surface area (Å²) >= 11 is 3.28. The number of carbonyl (C=O) groups is 1. The minimum absolute atomic E-state index is 0.201. The fourth-order valence-electron chi connectivity index (χ4n) is 5.36. The largest absolute Gasteiger partial charge is 0.419 e. The predicted molar refractivity (Wildman–Crippen MR) is 118 cm³/mol. The molecule has 1 heterocycles. The minimum Gasteiger partial charge on any atom is -0.380 e. The van der Waals surface area contributed by atoms with E-state index in [0.717, 1.165) is 17.2 Å². The second-order valence-electron chi connectivity index (χ2n) is 9.66. The number of carbonyl (C=O) groups excluding carboxylic acids is 1. The van der Waals surface area contributed by atoms with Gasteiger partial charge in [0, 0.05) is 11.6 Å². The van der Waals surface area contributed by atoms with Crippen molar-refractivity contribution in [3.8, 4) is 0 Å². The third kappa shape index (κ3) is 4.22. The molecule has 0 saturated heterocycles. The number of hydrogen-bond acceptors (Lipinski definition) is 4. The number of benzene rings is 1. The lowest BCUT2D eigenvalue weighted by Gasteiger charge is -2.62. The molecule has 0 unspecified atom stereocenters. The molecule has 33 heavy (non-hydrogen) atoms. The van der Waals surface area contributed by atoms with Crippen LogP contribution in [-0.2, 0) is 12.7 Å². The van der Waals surface area contributed by atoms with Crippen LogP contribution < -0.4 is 10.9 Å². The standard InChI is InChI=1S/C23H24BrF4N3O2/c1-11-15-7-13(22(15,2)3)8-17(11)30-18-9-29-31(21(33)20(18)24)10-19(32)12-4-5-14(16(25)6-12)23(26,27)28/h4-6,9,11,13,15,17,30H,7-8,10H2,1-3H3/t11-,13-,15+,17-/m1/s1. The van der Waals surface area contributed by atoms with E-state index in [1.807, 2.05) is 0 Å². The number of aromatic nitrogens is 2. The van der Waals surface area contributed by atoms with Gasteiger partial charge < -0.3 is 5.32 Å². The van der Waals surface area contributed by atoms with Gasteiger partial charge in [0.1, 0.15) is 16.8 Å². The minimum atomic E-state index is -4.86. The molecule has 2 aromatic rings. The van der Waals surface area contributed by atoms with Gasteiger partial charge in [-0.05, 0) is 64.1 Å². The summed E-state index contributed by atoms with van der Waals surface area (Å²) in [5.41, 5.74) is -1.43. The van der Waals surface area contributed by atoms with Crippen LogP contribution >= 0.6 is 15.9 Å². The van der Waals surface area contributed by atoms with Gasteiger partial charge in [0.2, 0.25) is 0 Å². The molecule has 10 heteroatoms. The highest BCUT2D eigenvalue weighted by Gasteiger charge is 2.56. The van der Waals surface area contributed by atoms with Crippen LogP contribution in [0.2, 0.25) is 0 Å². The number of nitrogens with one attached hydrogen (secondary N) is 1. The number of rotatable bonds is 5. The summed E-state index contributed by atoms with van der Waals surface area (Å²) in [7, 11) is 0. The number of hydrogen-bond donors (Lipinski definition) is 1. The molecule has 178 valence electrons. The lowest BCUT2D eigenvalue weighted by atomic mass is 9.45. The Morgan fingerprint density at radius 1 is 1.30 bits per heavy atom. The van der Waals surface area contributed by atoms with Gasteiger partial charge in [-0.2, -0.15) is 18.3 Å². The first kappa shape index (κ1) is 23.9. The Morgan fingerprint density at radius 2 is 2.00 bits per heavy atom. The van der Waals surface area contributed by atoms with Crippen molar-refractivity contribution in [2.45, 2.75) is 52.4 Å². The van der Waals surface area contributed by atoms with E-state index in [2.05, 4.69) is 47.1 Å². The van der Waals surface area contributed by atoms with E-state index in [9.17, 15) is 27.2 Å². The van der Waals surface area contributed by atoms with Crippen molar-refractivity contribution in [3.05, 3.63) is 56.2 Å². The average molecular weight is 530 g/mol. The summed E-state index contributed by atoms with van der Waals surface area (Å²) in [6.07, 6.45) is -1.19. The summed E-state index contributed by atoms with van der Waals surface area (Å²) in [4.78, 5) is 25.2. The van der Waals surface area contributed by atoms with E-state index >= 15 is 0 Å². The molecule has 1 N–H and O–H groups in total. The maximum Gasteiger partial charge on any atom is 0.419 e. The fraction of sp³-hybridized carbons (Fsp3) is 0.522. The molecule has 5 rings (SSSR count). The highest BCUT2D eigenvalue weighted by Crippen LogP contribution is 2.61. The van der Waals surface area contributed by atoms with Crippen LogP contribution in [-0.4, -0.2) is 21.6 Å². The summed E-state index contributed by atoms with van der Waals surface area (Å²) in [6, 6.07) is 2.13. The molecule has 0 spiro atoms. The zero-order valence-electron chi connectivity index (χ0n) is 18.3. The predicted octanol–water partition coefficient (Wildman–Crippen LogP) is 5.53. The number of anilines is 1. The van der Waals surface area contributed by atoms with Crippen LogP contribution in [0.15, 0.2) is 33.7 Å². The van der Waals surface area contributed by atoms with Crippen molar-refractivity contribution in [2.24, 2.45) is 23.2 Å². The van der Waals surface area contributed by atoms with E-state index in [0.29, 0.717) is 41.0 Å². The van der Waals surface area contributed by atoms with Gasteiger partial charge in [-0.25, -0.2) is 9.07 Å². The van der Waals surface area contributed by atoms with Crippen molar-refractivity contribution in [2.75, 3.05) is 5.32 Å². The summed E-state index contributed by atoms with van der Waals surface area (Å²) in [5.74, 6) is -0.603. The Bertz CT molecular complexity index is 1160. The Balaban J connectivity index is 1.49. The molecule has 2 bridgehead atoms. The second-order valence-corrected chi connectivity index (χ2v) is 10.4. The van der Waals surface area contributed by atoms with Gasteiger partial charge in [0.25, 0.3) is 5.56 Å². The molecule has 5 nitrogen and oxygen atoms in total. The lowest BCUT2D eigenvalue weighted by molar-refractivity contribution is -0.140. The molecule has 1 aromatic heterocycles. The Morgan fingerprint density at radius 3 is 2.58 bits per heavy atom. The van der Waals surface area contributed by atoms with Crippen LogP contribution in [0.5, 0.6) is 0 Å². The van der Waals surface area contributed by atoms with E-state index in [4.69, 9.17) is 0 Å². The number of nitrogens with zero attached hydrogens (tertiary/aromatic N) is 2. The van der Waals surface area contributed by atoms with Gasteiger partial charge in [-0.3, -0.25) is 9.59 Å². The molecule has 4 atom stereocenters. The van der Waals surface area contributed by atoms with Gasteiger partial charge in [-0.15, -0.1) is 0 Å². The molecule has 1 aromatic carbocycles. The van der Waals surface area contributed by atoms with Crippen LogP contribution in [0.4, 0.5) is 23.2 Å². The number of halogens is 5. The van der Waals surface area contributed by atoms with Gasteiger partial charge in [-0.1, -0.05) is 26.8 Å². The van der Waals surface area contributed by atoms with Crippen molar-refractivity contribution in [1.29, 1.82) is 0 Å². The van der Waals surface area contributed by atoms with Gasteiger partial charge >= 0.3 is 6.18 Å². The van der Waals surface area contributed by atoms with Gasteiger partial charge in [0.05, 0.1) is 17.4 Å². The smallest absolute Gasteiger partial charge is 0.380 e. The average Bonchev–Trinajstić information content (AvgIpc) is 2.73. The van der Waals surface area contributed by atoms with E-state index in [1.165, 1.54) is 12.6 Å². The van der Waals surface area contributed by atoms with E-state index in [1.54, 1.807) is 0 Å². The molecule has 0 amide bonds. The van der Waals surface area contributed by atoms with Crippen LogP contribution in [0, 0.1) is 29.0 Å². The Labute approximate surface area is 196 Å². The summed E-state index contributed by atoms with van der Waals surface area (Å²) < 4.78 is 53.1. The third-order valence-electron chi connectivity index (χ3n) is 7.57. The van der Waals surface area contributed by atoms with Crippen LogP contribution in [0.25, 0.3) is 0 Å². The molecule has 3 aliphatic rings. The highest BCUT2D eigenvalue weighted by molar-refractivity contribution is 9.10. The molecular weight excluding hydrogens is 506 g/mol. The molecular formula is C23H24BrF4N3O2. The normalized spacial score (nSPS) is 25.9. The first-order valence-electron chi connectivity index (χ1n) is 10.7. The zero-order valence-corrected chi connectivity index (χ0v) is 19.9. The monoisotopic (exact) mass is 529 g/mol. The Hall–Kier alpha value is -2.23. The zero-order chi connectivity index (χ0) is 24.3. The third-order valence-corrected chi connectivity index (χ3v) is 8.34. The summed E-state index contributed by atoms with van der Waals surface area (Å²) in [6.45, 7) is 6.29. The summed E-state index contributed by atoms with van der Waals surface area (Å²) in [5, 5.41) is 7.46. The van der Waals surface area contributed by atoms with E-state index in [-0.39, 0.29) is 16.1 Å². The lowest BCUT2D eigenvalue weighted by Crippen LogP contribution is -2.58. The molecule has 3 aliphatic carbocycles. The second kappa shape index (κ2) is 8.21. The van der Waals surface area contributed by atoms with Crippen LogP contribution in [0.3, 0.4) is 0 Å². The molecule has 0 radical (unpaired) electrons. The molecule has 3 fully saturated rings. The first-order valence-corrected chi connectivity index (χ1v) is 11.5. The molecule has 3 saturated carbocycles. The maximum atomic E-state index is 13.8. The quantitative estimate of drug-likeness (QED) is 0.408. The van der Waals surface area contributed by atoms with Gasteiger partial charge in [0.15, 0.2) is 5.78 Å². The SMILES string of the molecule is C[C@H]1[C@H](Nc2cnn(CC(=O)c3ccc(C(F)(F)F)c(F)c3)c(=O)c2Br)C[C@H]2C[C@@H]1C2(C)C. The Kier molecular flexibility index (Phi) is 5.95. The fourth-order valence-corrected chi connectivity index (χ4v) is 5.79. The number of ketones is 1. The molecule has 0 aliphatic heterocycles. The van der Waals surface area contributed by atoms with Crippen LogP contribution in [0.1, 0.15) is 49.5 Å². The van der Waals surface area contributed by atoms with E-state index < -0.39 is 35.4 Å².